The standard InChI is InChI=1S/C18H29ClN4O.HI/c1-14(2)17(23-8-10-24-11-9-23)13-22-18(20-3)21-12-15-6-4-5-7-16(15)19;/h4-7,14,17H,8-13H2,1-3H3,(H2,20,21,22);1H. The molecule has 0 bridgehead atoms. The van der Waals surface area contributed by atoms with Gasteiger partial charge in [0.2, 0.25) is 0 Å². The number of benzene rings is 1. The van der Waals surface area contributed by atoms with Gasteiger partial charge in [-0.3, -0.25) is 9.89 Å². The Morgan fingerprint density at radius 3 is 2.52 bits per heavy atom. The van der Waals surface area contributed by atoms with Crippen LogP contribution < -0.4 is 10.6 Å². The zero-order chi connectivity index (χ0) is 17.4. The predicted molar refractivity (Wildman–Crippen MR) is 116 cm³/mol. The van der Waals surface area contributed by atoms with Crippen LogP contribution in [0.3, 0.4) is 0 Å². The molecule has 1 aromatic rings. The van der Waals surface area contributed by atoms with Gasteiger partial charge in [0.1, 0.15) is 0 Å². The Hall–Kier alpha value is -0.570. The molecule has 0 saturated carbocycles. The molecule has 1 atom stereocenters. The number of halogens is 2. The zero-order valence-corrected chi connectivity index (χ0v) is 18.4. The highest BCUT2D eigenvalue weighted by atomic mass is 127. The number of morpholine rings is 1. The van der Waals surface area contributed by atoms with Crippen molar-refractivity contribution in [3.8, 4) is 0 Å². The number of nitrogens with one attached hydrogen (secondary N) is 2. The summed E-state index contributed by atoms with van der Waals surface area (Å²) in [5, 5.41) is 7.56. The van der Waals surface area contributed by atoms with E-state index in [0.29, 0.717) is 18.5 Å². The molecule has 5 nitrogen and oxygen atoms in total. The average Bonchev–Trinajstić information content (AvgIpc) is 2.59. The van der Waals surface area contributed by atoms with Gasteiger partial charge in [0.25, 0.3) is 0 Å². The molecule has 2 N–H and O–H groups in total. The van der Waals surface area contributed by atoms with Crippen LogP contribution in [0.2, 0.25) is 5.02 Å². The fraction of sp³-hybridized carbons (Fsp3) is 0.611. The van der Waals surface area contributed by atoms with E-state index in [1.54, 1.807) is 7.05 Å². The Labute approximate surface area is 173 Å². The van der Waals surface area contributed by atoms with Gasteiger partial charge in [-0.25, -0.2) is 0 Å². The second kappa shape index (κ2) is 11.9. The molecule has 1 aliphatic rings. The summed E-state index contributed by atoms with van der Waals surface area (Å²) in [6.07, 6.45) is 0. The first-order valence-corrected chi connectivity index (χ1v) is 8.99. The van der Waals surface area contributed by atoms with Crippen LogP contribution >= 0.6 is 35.6 Å². The van der Waals surface area contributed by atoms with Crippen molar-refractivity contribution in [3.05, 3.63) is 34.9 Å². The number of hydrogen-bond acceptors (Lipinski definition) is 3. The smallest absolute Gasteiger partial charge is 0.191 e. The minimum absolute atomic E-state index is 0. The van der Waals surface area contributed by atoms with Gasteiger partial charge in [-0.05, 0) is 17.5 Å². The Kier molecular flexibility index (Phi) is 10.7. The topological polar surface area (TPSA) is 48.9 Å². The lowest BCUT2D eigenvalue weighted by molar-refractivity contribution is 0.00752. The van der Waals surface area contributed by atoms with Gasteiger partial charge in [0, 0.05) is 44.3 Å². The van der Waals surface area contributed by atoms with Gasteiger partial charge in [0.05, 0.1) is 13.2 Å². The van der Waals surface area contributed by atoms with Crippen LogP contribution in [0.4, 0.5) is 0 Å². The molecule has 25 heavy (non-hydrogen) atoms. The number of guanidine groups is 1. The largest absolute Gasteiger partial charge is 0.379 e. The van der Waals surface area contributed by atoms with Gasteiger partial charge in [-0.2, -0.15) is 0 Å². The second-order valence-electron chi connectivity index (χ2n) is 6.36. The van der Waals surface area contributed by atoms with Crippen molar-refractivity contribution in [2.45, 2.75) is 26.4 Å². The van der Waals surface area contributed by atoms with E-state index in [2.05, 4.69) is 34.4 Å². The van der Waals surface area contributed by atoms with E-state index >= 15 is 0 Å². The molecular formula is C18H30ClIN4O. The Morgan fingerprint density at radius 1 is 1.24 bits per heavy atom. The maximum absolute atomic E-state index is 6.20. The van der Waals surface area contributed by atoms with Crippen LogP contribution in [0, 0.1) is 5.92 Å². The third kappa shape index (κ3) is 7.29. The molecule has 2 rings (SSSR count). The quantitative estimate of drug-likeness (QED) is 0.373. The van der Waals surface area contributed by atoms with Crippen LogP contribution in [0.15, 0.2) is 29.3 Å². The summed E-state index contributed by atoms with van der Waals surface area (Å²) in [4.78, 5) is 6.82. The van der Waals surface area contributed by atoms with E-state index in [-0.39, 0.29) is 24.0 Å². The van der Waals surface area contributed by atoms with Crippen LogP contribution in [-0.4, -0.2) is 56.8 Å². The monoisotopic (exact) mass is 480 g/mol. The zero-order valence-electron chi connectivity index (χ0n) is 15.3. The van der Waals surface area contributed by atoms with Crippen molar-refractivity contribution in [1.82, 2.24) is 15.5 Å². The van der Waals surface area contributed by atoms with Crippen molar-refractivity contribution < 1.29 is 4.74 Å². The lowest BCUT2D eigenvalue weighted by Gasteiger charge is -2.37. The third-order valence-electron chi connectivity index (χ3n) is 4.39. The van der Waals surface area contributed by atoms with E-state index in [1.807, 2.05) is 24.3 Å². The molecule has 1 saturated heterocycles. The minimum Gasteiger partial charge on any atom is -0.379 e. The summed E-state index contributed by atoms with van der Waals surface area (Å²) in [5.74, 6) is 1.37. The molecule has 1 fully saturated rings. The minimum atomic E-state index is 0. The maximum atomic E-state index is 6.20. The molecule has 7 heteroatoms. The number of nitrogens with zero attached hydrogens (tertiary/aromatic N) is 2. The number of ether oxygens (including phenoxy) is 1. The summed E-state index contributed by atoms with van der Waals surface area (Å²) in [6.45, 7) is 9.68. The van der Waals surface area contributed by atoms with E-state index in [1.165, 1.54) is 0 Å². The highest BCUT2D eigenvalue weighted by Crippen LogP contribution is 2.14. The molecule has 1 unspecified atom stereocenters. The Morgan fingerprint density at radius 2 is 1.92 bits per heavy atom. The Balaban J connectivity index is 0.00000312. The van der Waals surface area contributed by atoms with Crippen LogP contribution in [-0.2, 0) is 11.3 Å². The molecule has 0 aromatic heterocycles. The van der Waals surface area contributed by atoms with Crippen molar-refractivity contribution in [1.29, 1.82) is 0 Å². The SMILES string of the molecule is CN=C(NCc1ccccc1Cl)NCC(C(C)C)N1CCOCC1.I. The first-order chi connectivity index (χ1) is 11.6. The molecule has 1 aromatic carbocycles. The van der Waals surface area contributed by atoms with E-state index in [0.717, 1.165) is 49.4 Å². The van der Waals surface area contributed by atoms with Gasteiger partial charge in [-0.15, -0.1) is 24.0 Å². The van der Waals surface area contributed by atoms with Gasteiger partial charge >= 0.3 is 0 Å². The second-order valence-corrected chi connectivity index (χ2v) is 6.76. The third-order valence-corrected chi connectivity index (χ3v) is 4.76. The predicted octanol–water partition coefficient (Wildman–Crippen LogP) is 2.98. The molecule has 0 aliphatic carbocycles. The number of hydrogen-bond donors (Lipinski definition) is 2. The lowest BCUT2D eigenvalue weighted by atomic mass is 10.0. The normalized spacial score (nSPS) is 17.1. The molecule has 0 spiro atoms. The van der Waals surface area contributed by atoms with Crippen molar-refractivity contribution >= 4 is 41.5 Å². The molecule has 1 aliphatic heterocycles. The first kappa shape index (κ1) is 22.5. The summed E-state index contributed by atoms with van der Waals surface area (Å²) < 4.78 is 5.46. The van der Waals surface area contributed by atoms with Crippen molar-refractivity contribution in [2.75, 3.05) is 39.9 Å². The highest BCUT2D eigenvalue weighted by molar-refractivity contribution is 14.0. The summed E-state index contributed by atoms with van der Waals surface area (Å²) in [7, 11) is 1.79. The fourth-order valence-electron chi connectivity index (χ4n) is 2.94. The fourth-order valence-corrected chi connectivity index (χ4v) is 3.14. The van der Waals surface area contributed by atoms with Crippen LogP contribution in [0.5, 0.6) is 0 Å². The maximum Gasteiger partial charge on any atom is 0.191 e. The van der Waals surface area contributed by atoms with Gasteiger partial charge in [-0.1, -0.05) is 43.6 Å². The molecule has 0 radical (unpaired) electrons. The molecule has 0 amide bonds. The number of aliphatic imine (C=N–C) groups is 1. The van der Waals surface area contributed by atoms with Gasteiger partial charge in [0.15, 0.2) is 5.96 Å². The summed E-state index contributed by atoms with van der Waals surface area (Å²) >= 11 is 6.20. The lowest BCUT2D eigenvalue weighted by Crippen LogP contribution is -2.52. The van der Waals surface area contributed by atoms with Gasteiger partial charge < -0.3 is 15.4 Å². The van der Waals surface area contributed by atoms with E-state index in [4.69, 9.17) is 16.3 Å². The van der Waals surface area contributed by atoms with Crippen molar-refractivity contribution in [3.63, 3.8) is 0 Å². The highest BCUT2D eigenvalue weighted by Gasteiger charge is 2.23. The van der Waals surface area contributed by atoms with Crippen LogP contribution in [0.1, 0.15) is 19.4 Å². The van der Waals surface area contributed by atoms with E-state index < -0.39 is 0 Å². The summed E-state index contributed by atoms with van der Waals surface area (Å²) in [6, 6.07) is 8.32. The first-order valence-electron chi connectivity index (χ1n) is 8.61. The molecule has 142 valence electrons. The molecule has 1 heterocycles. The van der Waals surface area contributed by atoms with Crippen molar-refractivity contribution in [2.24, 2.45) is 10.9 Å². The summed E-state index contributed by atoms with van der Waals surface area (Å²) in [5.41, 5.74) is 1.07. The molecular weight excluding hydrogens is 451 g/mol. The van der Waals surface area contributed by atoms with E-state index in [9.17, 15) is 0 Å². The van der Waals surface area contributed by atoms with Crippen LogP contribution in [0.25, 0.3) is 0 Å². The Bertz CT molecular complexity index is 536. The average molecular weight is 481 g/mol. The number of rotatable bonds is 6.